The van der Waals surface area contributed by atoms with E-state index in [1.54, 1.807) is 24.5 Å². The van der Waals surface area contributed by atoms with Gasteiger partial charge in [0, 0.05) is 31.5 Å². The Labute approximate surface area is 148 Å². The molecule has 2 heterocycles. The third-order valence-electron chi connectivity index (χ3n) is 4.50. The highest BCUT2D eigenvalue weighted by Crippen LogP contribution is 2.14. The summed E-state index contributed by atoms with van der Waals surface area (Å²) in [6, 6.07) is 11.7. The Bertz CT molecular complexity index is 738. The molecule has 2 amide bonds. The van der Waals surface area contributed by atoms with Gasteiger partial charge in [-0.2, -0.15) is 0 Å². The lowest BCUT2D eigenvalue weighted by Crippen LogP contribution is -2.46. The van der Waals surface area contributed by atoms with Crippen molar-refractivity contribution in [3.63, 3.8) is 0 Å². The topological polar surface area (TPSA) is 62.3 Å². The molecule has 0 radical (unpaired) electrons. The normalized spacial score (nSPS) is 15.0. The van der Waals surface area contributed by atoms with Crippen molar-refractivity contribution in [2.24, 2.45) is 0 Å². The number of carbonyl (C=O) groups is 2. The van der Waals surface area contributed by atoms with Crippen LogP contribution in [0.15, 0.2) is 48.8 Å². The summed E-state index contributed by atoms with van der Waals surface area (Å²) >= 11 is 0. The van der Waals surface area contributed by atoms with Crippen LogP contribution in [0.4, 0.5) is 0 Å². The van der Waals surface area contributed by atoms with Gasteiger partial charge in [-0.05, 0) is 37.5 Å². The summed E-state index contributed by atoms with van der Waals surface area (Å²) in [6.45, 7) is 3.34. The Hall–Kier alpha value is -2.69. The van der Waals surface area contributed by atoms with Gasteiger partial charge in [0.1, 0.15) is 0 Å². The van der Waals surface area contributed by atoms with Crippen LogP contribution in [0, 0.1) is 6.92 Å². The maximum absolute atomic E-state index is 12.4. The minimum absolute atomic E-state index is 0.0117. The minimum Gasteiger partial charge on any atom is -0.353 e. The maximum Gasteiger partial charge on any atom is 0.255 e. The van der Waals surface area contributed by atoms with Gasteiger partial charge in [0.05, 0.1) is 12.0 Å². The monoisotopic (exact) mass is 337 g/mol. The molecule has 5 heteroatoms. The summed E-state index contributed by atoms with van der Waals surface area (Å²) in [4.78, 5) is 30.5. The first-order valence-electron chi connectivity index (χ1n) is 8.66. The lowest BCUT2D eigenvalue weighted by atomic mass is 10.0. The number of aryl methyl sites for hydroxylation is 1. The Morgan fingerprint density at radius 3 is 2.68 bits per heavy atom. The van der Waals surface area contributed by atoms with E-state index in [1.165, 1.54) is 0 Å². The predicted molar refractivity (Wildman–Crippen MR) is 96.2 cm³/mol. The number of amides is 2. The number of benzene rings is 1. The van der Waals surface area contributed by atoms with E-state index in [2.05, 4.69) is 10.3 Å². The lowest BCUT2D eigenvalue weighted by molar-refractivity contribution is -0.121. The van der Waals surface area contributed by atoms with Crippen molar-refractivity contribution in [3.8, 4) is 0 Å². The van der Waals surface area contributed by atoms with Gasteiger partial charge in [0.25, 0.3) is 5.91 Å². The first-order chi connectivity index (χ1) is 12.1. The number of hydrogen-bond donors (Lipinski definition) is 1. The van der Waals surface area contributed by atoms with E-state index in [0.29, 0.717) is 25.1 Å². The molecular weight excluding hydrogens is 314 g/mol. The zero-order valence-electron chi connectivity index (χ0n) is 14.4. The molecule has 5 nitrogen and oxygen atoms in total. The summed E-state index contributed by atoms with van der Waals surface area (Å²) in [5.74, 6) is 0.0558. The smallest absolute Gasteiger partial charge is 0.255 e. The molecule has 0 atom stereocenters. The largest absolute Gasteiger partial charge is 0.353 e. The number of pyridine rings is 1. The quantitative estimate of drug-likeness (QED) is 0.931. The van der Waals surface area contributed by atoms with E-state index in [1.807, 2.05) is 36.1 Å². The lowest BCUT2D eigenvalue weighted by Gasteiger charge is -2.32. The SMILES string of the molecule is Cc1cccc(CC(=O)NC2CCN(C(=O)c3cccnc3)CC2)c1. The summed E-state index contributed by atoms with van der Waals surface area (Å²) < 4.78 is 0. The van der Waals surface area contributed by atoms with Crippen LogP contribution in [0.2, 0.25) is 0 Å². The molecular formula is C20H23N3O2. The van der Waals surface area contributed by atoms with Gasteiger partial charge in [-0.3, -0.25) is 14.6 Å². The van der Waals surface area contributed by atoms with Gasteiger partial charge in [0.2, 0.25) is 5.91 Å². The van der Waals surface area contributed by atoms with Crippen LogP contribution in [0.25, 0.3) is 0 Å². The molecule has 130 valence electrons. The molecule has 25 heavy (non-hydrogen) atoms. The molecule has 1 N–H and O–H groups in total. The van der Waals surface area contributed by atoms with E-state index in [4.69, 9.17) is 0 Å². The fourth-order valence-electron chi connectivity index (χ4n) is 3.18. The molecule has 0 spiro atoms. The van der Waals surface area contributed by atoms with Gasteiger partial charge in [0.15, 0.2) is 0 Å². The summed E-state index contributed by atoms with van der Waals surface area (Å²) in [6.07, 6.45) is 5.22. The van der Waals surface area contributed by atoms with E-state index >= 15 is 0 Å². The molecule has 0 saturated carbocycles. The number of piperidine rings is 1. The van der Waals surface area contributed by atoms with E-state index in [9.17, 15) is 9.59 Å². The highest BCUT2D eigenvalue weighted by molar-refractivity contribution is 5.93. The zero-order valence-corrected chi connectivity index (χ0v) is 14.4. The Morgan fingerprint density at radius 2 is 2.00 bits per heavy atom. The predicted octanol–water partition coefficient (Wildman–Crippen LogP) is 2.35. The van der Waals surface area contributed by atoms with Crippen LogP contribution in [0.3, 0.4) is 0 Å². The van der Waals surface area contributed by atoms with E-state index < -0.39 is 0 Å². The third-order valence-corrected chi connectivity index (χ3v) is 4.50. The van der Waals surface area contributed by atoms with Crippen LogP contribution in [0.1, 0.15) is 34.3 Å². The van der Waals surface area contributed by atoms with Crippen molar-refractivity contribution < 1.29 is 9.59 Å². The Kier molecular flexibility index (Phi) is 5.43. The van der Waals surface area contributed by atoms with Gasteiger partial charge in [-0.25, -0.2) is 0 Å². The average molecular weight is 337 g/mol. The molecule has 0 bridgehead atoms. The second-order valence-corrected chi connectivity index (χ2v) is 6.54. The number of nitrogens with one attached hydrogen (secondary N) is 1. The van der Waals surface area contributed by atoms with Crippen LogP contribution >= 0.6 is 0 Å². The highest BCUT2D eigenvalue weighted by Gasteiger charge is 2.24. The molecule has 0 aliphatic carbocycles. The van der Waals surface area contributed by atoms with Gasteiger partial charge in [-0.1, -0.05) is 29.8 Å². The van der Waals surface area contributed by atoms with Crippen molar-refractivity contribution in [2.75, 3.05) is 13.1 Å². The van der Waals surface area contributed by atoms with Crippen molar-refractivity contribution >= 4 is 11.8 Å². The maximum atomic E-state index is 12.4. The van der Waals surface area contributed by atoms with Crippen molar-refractivity contribution in [1.82, 2.24) is 15.2 Å². The summed E-state index contributed by atoms with van der Waals surface area (Å²) in [5, 5.41) is 3.10. The van der Waals surface area contributed by atoms with Crippen LogP contribution in [-0.4, -0.2) is 40.8 Å². The van der Waals surface area contributed by atoms with Gasteiger partial charge in [-0.15, -0.1) is 0 Å². The number of rotatable bonds is 4. The van der Waals surface area contributed by atoms with E-state index in [0.717, 1.165) is 24.0 Å². The second-order valence-electron chi connectivity index (χ2n) is 6.54. The number of aromatic nitrogens is 1. The standard InChI is InChI=1S/C20H23N3O2/c1-15-4-2-5-16(12-15)13-19(24)22-18-7-10-23(11-8-18)20(25)17-6-3-9-21-14-17/h2-6,9,12,14,18H,7-8,10-11,13H2,1H3,(H,22,24). The summed E-state index contributed by atoms with van der Waals surface area (Å²) in [5.41, 5.74) is 2.80. The molecule has 3 rings (SSSR count). The van der Waals surface area contributed by atoms with Crippen LogP contribution in [-0.2, 0) is 11.2 Å². The second kappa shape index (κ2) is 7.92. The molecule has 1 aromatic carbocycles. The van der Waals surface area contributed by atoms with Crippen LogP contribution < -0.4 is 5.32 Å². The molecule has 2 aromatic rings. The highest BCUT2D eigenvalue weighted by atomic mass is 16.2. The third kappa shape index (κ3) is 4.66. The molecule has 1 aliphatic heterocycles. The number of carbonyl (C=O) groups excluding carboxylic acids is 2. The first kappa shape index (κ1) is 17.1. The average Bonchev–Trinajstić information content (AvgIpc) is 2.62. The van der Waals surface area contributed by atoms with Crippen molar-refractivity contribution in [3.05, 3.63) is 65.5 Å². The van der Waals surface area contributed by atoms with Gasteiger partial charge < -0.3 is 10.2 Å². The fraction of sp³-hybridized carbons (Fsp3) is 0.350. The first-order valence-corrected chi connectivity index (χ1v) is 8.66. The molecule has 1 aromatic heterocycles. The van der Waals surface area contributed by atoms with Crippen molar-refractivity contribution in [2.45, 2.75) is 32.2 Å². The number of hydrogen-bond acceptors (Lipinski definition) is 3. The minimum atomic E-state index is 0.0117. The van der Waals surface area contributed by atoms with Gasteiger partial charge >= 0.3 is 0 Å². The molecule has 1 fully saturated rings. The molecule has 1 aliphatic rings. The van der Waals surface area contributed by atoms with Crippen molar-refractivity contribution in [1.29, 1.82) is 0 Å². The Balaban J connectivity index is 1.47. The Morgan fingerprint density at radius 1 is 1.20 bits per heavy atom. The van der Waals surface area contributed by atoms with E-state index in [-0.39, 0.29) is 17.9 Å². The number of likely N-dealkylation sites (tertiary alicyclic amines) is 1. The zero-order chi connectivity index (χ0) is 17.6. The number of nitrogens with zero attached hydrogens (tertiary/aromatic N) is 2. The summed E-state index contributed by atoms with van der Waals surface area (Å²) in [7, 11) is 0. The molecule has 1 saturated heterocycles. The van der Waals surface area contributed by atoms with Crippen LogP contribution in [0.5, 0.6) is 0 Å². The molecule has 0 unspecified atom stereocenters. The fourth-order valence-corrected chi connectivity index (χ4v) is 3.18.